The van der Waals surface area contributed by atoms with Crippen molar-refractivity contribution in [2.75, 3.05) is 30.4 Å². The Morgan fingerprint density at radius 1 is 1.25 bits per heavy atom. The van der Waals surface area contributed by atoms with Crippen LogP contribution in [0.15, 0.2) is 5.38 Å². The molecule has 0 aliphatic rings. The molecule has 0 atom stereocenters. The van der Waals surface area contributed by atoms with Gasteiger partial charge in [0.15, 0.2) is 16.6 Å². The maximum atomic E-state index is 11.1. The molecule has 0 bridgehead atoms. The lowest BCUT2D eigenvalue weighted by Crippen LogP contribution is -2.26. The highest BCUT2D eigenvalue weighted by molar-refractivity contribution is 7.19. The van der Waals surface area contributed by atoms with Gasteiger partial charge in [-0.1, -0.05) is 11.3 Å². The molecule has 2 aromatic heterocycles. The number of hydrogen-bond donors (Lipinski definition) is 2. The van der Waals surface area contributed by atoms with Crippen molar-refractivity contribution >= 4 is 38.8 Å². The number of aryl methyl sites for hydroxylation is 1. The van der Waals surface area contributed by atoms with Crippen molar-refractivity contribution in [1.29, 1.82) is 0 Å². The maximum absolute atomic E-state index is 11.1. The summed E-state index contributed by atoms with van der Waals surface area (Å²) in [4.78, 5) is 21.0. The molecular formula is C15H22N4O3S2. The van der Waals surface area contributed by atoms with E-state index in [1.54, 1.807) is 0 Å². The largest absolute Gasteiger partial charge is 0.356 e. The van der Waals surface area contributed by atoms with Gasteiger partial charge < -0.3 is 20.1 Å². The summed E-state index contributed by atoms with van der Waals surface area (Å²) in [7, 11) is 0. The number of thiazole rings is 2. The molecule has 0 saturated heterocycles. The number of carbonyl (C=O) groups excluding carboxylic acids is 1. The standard InChI is InChI=1S/C15H22N4O3S2/c1-5-21-12(22-6-2)7-16-14-19-11(8-23-14)13-9(3)17-15(24-13)18-10(4)20/h8,12H,5-7H2,1-4H3,(H,16,19)(H,17,18,20). The van der Waals surface area contributed by atoms with Gasteiger partial charge in [0, 0.05) is 25.5 Å². The van der Waals surface area contributed by atoms with E-state index >= 15 is 0 Å². The quantitative estimate of drug-likeness (QED) is 0.659. The van der Waals surface area contributed by atoms with Crippen LogP contribution in [0.5, 0.6) is 0 Å². The third kappa shape index (κ3) is 5.23. The van der Waals surface area contributed by atoms with Crippen LogP contribution in [0.2, 0.25) is 0 Å². The van der Waals surface area contributed by atoms with Crippen molar-refractivity contribution < 1.29 is 14.3 Å². The monoisotopic (exact) mass is 370 g/mol. The average molecular weight is 371 g/mol. The first-order chi connectivity index (χ1) is 11.5. The summed E-state index contributed by atoms with van der Waals surface area (Å²) in [5, 5.41) is 9.29. The highest BCUT2D eigenvalue weighted by atomic mass is 32.1. The first-order valence-corrected chi connectivity index (χ1v) is 9.41. The first kappa shape index (κ1) is 18.8. The zero-order valence-corrected chi connectivity index (χ0v) is 15.8. The summed E-state index contributed by atoms with van der Waals surface area (Å²) in [5.74, 6) is -0.131. The van der Waals surface area contributed by atoms with Crippen LogP contribution < -0.4 is 10.6 Å². The molecular weight excluding hydrogens is 348 g/mol. The Morgan fingerprint density at radius 2 is 1.96 bits per heavy atom. The van der Waals surface area contributed by atoms with E-state index in [1.165, 1.54) is 29.6 Å². The van der Waals surface area contributed by atoms with E-state index in [0.29, 0.717) is 24.9 Å². The zero-order valence-electron chi connectivity index (χ0n) is 14.2. The van der Waals surface area contributed by atoms with Gasteiger partial charge in [0.2, 0.25) is 5.91 Å². The summed E-state index contributed by atoms with van der Waals surface area (Å²) in [6, 6.07) is 0. The SMILES string of the molecule is CCOC(CNc1nc(-c2sc(NC(C)=O)nc2C)cs1)OCC. The molecule has 2 aromatic rings. The van der Waals surface area contributed by atoms with Crippen LogP contribution in [0.25, 0.3) is 10.6 Å². The second kappa shape index (κ2) is 9.07. The van der Waals surface area contributed by atoms with Crippen LogP contribution >= 0.6 is 22.7 Å². The van der Waals surface area contributed by atoms with Crippen LogP contribution in [-0.2, 0) is 14.3 Å². The number of nitrogens with one attached hydrogen (secondary N) is 2. The molecule has 2 N–H and O–H groups in total. The van der Waals surface area contributed by atoms with Gasteiger partial charge in [-0.05, 0) is 20.8 Å². The van der Waals surface area contributed by atoms with E-state index in [1.807, 2.05) is 26.2 Å². The minimum atomic E-state index is -0.288. The second-order valence-corrected chi connectivity index (χ2v) is 6.73. The van der Waals surface area contributed by atoms with E-state index in [4.69, 9.17) is 9.47 Å². The number of aromatic nitrogens is 2. The Morgan fingerprint density at radius 3 is 2.58 bits per heavy atom. The summed E-state index contributed by atoms with van der Waals surface area (Å²) in [6.07, 6.45) is -0.288. The molecule has 0 radical (unpaired) electrons. The lowest BCUT2D eigenvalue weighted by atomic mass is 10.3. The molecule has 0 fully saturated rings. The predicted molar refractivity (Wildman–Crippen MR) is 97.8 cm³/mol. The van der Waals surface area contributed by atoms with E-state index in [0.717, 1.165) is 21.4 Å². The maximum Gasteiger partial charge on any atom is 0.223 e. The number of anilines is 2. The Bertz CT molecular complexity index is 665. The third-order valence-corrected chi connectivity index (χ3v) is 4.84. The first-order valence-electron chi connectivity index (χ1n) is 7.71. The van der Waals surface area contributed by atoms with Gasteiger partial charge >= 0.3 is 0 Å². The van der Waals surface area contributed by atoms with Crippen LogP contribution in [0.4, 0.5) is 10.3 Å². The van der Waals surface area contributed by atoms with E-state index in [9.17, 15) is 4.79 Å². The van der Waals surface area contributed by atoms with Gasteiger partial charge in [0.05, 0.1) is 22.8 Å². The predicted octanol–water partition coefficient (Wildman–Crippen LogP) is 3.34. The highest BCUT2D eigenvalue weighted by Crippen LogP contribution is 2.34. The number of rotatable bonds is 9. The smallest absolute Gasteiger partial charge is 0.223 e. The molecule has 2 rings (SSSR count). The molecule has 7 nitrogen and oxygen atoms in total. The summed E-state index contributed by atoms with van der Waals surface area (Å²) < 4.78 is 11.0. The van der Waals surface area contributed by atoms with Crippen molar-refractivity contribution in [2.24, 2.45) is 0 Å². The Hall–Kier alpha value is -1.55. The molecule has 132 valence electrons. The van der Waals surface area contributed by atoms with E-state index in [-0.39, 0.29) is 12.2 Å². The summed E-state index contributed by atoms with van der Waals surface area (Å²) in [6.45, 7) is 8.98. The average Bonchev–Trinajstić information content (AvgIpc) is 3.11. The minimum absolute atomic E-state index is 0.131. The van der Waals surface area contributed by atoms with Gasteiger partial charge in [0.1, 0.15) is 0 Å². The third-order valence-electron chi connectivity index (χ3n) is 2.94. The molecule has 2 heterocycles. The van der Waals surface area contributed by atoms with Gasteiger partial charge in [-0.3, -0.25) is 4.79 Å². The number of amides is 1. The molecule has 0 aromatic carbocycles. The van der Waals surface area contributed by atoms with E-state index < -0.39 is 0 Å². The van der Waals surface area contributed by atoms with Crippen molar-refractivity contribution in [3.8, 4) is 10.6 Å². The Kier molecular flexibility index (Phi) is 7.10. The summed E-state index contributed by atoms with van der Waals surface area (Å²) in [5.41, 5.74) is 1.69. The molecule has 0 aliphatic carbocycles. The second-order valence-electron chi connectivity index (χ2n) is 4.87. The molecule has 24 heavy (non-hydrogen) atoms. The molecule has 1 amide bonds. The Balaban J connectivity index is 2.02. The molecule has 9 heteroatoms. The lowest BCUT2D eigenvalue weighted by molar-refractivity contribution is -0.126. The molecule has 0 unspecified atom stereocenters. The Labute approximate surface area is 149 Å². The topological polar surface area (TPSA) is 85.4 Å². The lowest BCUT2D eigenvalue weighted by Gasteiger charge is -2.16. The number of ether oxygens (including phenoxy) is 2. The number of hydrogen-bond acceptors (Lipinski definition) is 8. The molecule has 0 spiro atoms. The van der Waals surface area contributed by atoms with Crippen LogP contribution in [-0.4, -0.2) is 41.9 Å². The van der Waals surface area contributed by atoms with Crippen molar-refractivity contribution in [3.05, 3.63) is 11.1 Å². The number of nitrogens with zero attached hydrogens (tertiary/aromatic N) is 2. The van der Waals surface area contributed by atoms with Gasteiger partial charge in [-0.15, -0.1) is 11.3 Å². The normalized spacial score (nSPS) is 11.0. The van der Waals surface area contributed by atoms with Crippen LogP contribution in [0.1, 0.15) is 26.5 Å². The zero-order chi connectivity index (χ0) is 17.5. The van der Waals surface area contributed by atoms with Crippen molar-refractivity contribution in [3.63, 3.8) is 0 Å². The molecule has 0 saturated carbocycles. The van der Waals surface area contributed by atoms with Crippen LogP contribution in [0.3, 0.4) is 0 Å². The number of carbonyl (C=O) groups is 1. The fraction of sp³-hybridized carbons (Fsp3) is 0.533. The van der Waals surface area contributed by atoms with E-state index in [2.05, 4.69) is 20.6 Å². The minimum Gasteiger partial charge on any atom is -0.356 e. The van der Waals surface area contributed by atoms with Crippen molar-refractivity contribution in [1.82, 2.24) is 9.97 Å². The van der Waals surface area contributed by atoms with Gasteiger partial charge in [-0.25, -0.2) is 9.97 Å². The molecule has 0 aliphatic heterocycles. The highest BCUT2D eigenvalue weighted by Gasteiger charge is 2.15. The fourth-order valence-electron chi connectivity index (χ4n) is 2.01. The van der Waals surface area contributed by atoms with Gasteiger partial charge in [0.25, 0.3) is 0 Å². The van der Waals surface area contributed by atoms with Gasteiger partial charge in [-0.2, -0.15) is 0 Å². The fourth-order valence-corrected chi connectivity index (χ4v) is 3.77. The van der Waals surface area contributed by atoms with Crippen molar-refractivity contribution in [2.45, 2.75) is 34.0 Å². The summed E-state index contributed by atoms with van der Waals surface area (Å²) >= 11 is 2.93. The van der Waals surface area contributed by atoms with Crippen LogP contribution in [0, 0.1) is 6.92 Å².